The van der Waals surface area contributed by atoms with E-state index in [9.17, 15) is 4.79 Å². The molecule has 0 bridgehead atoms. The first-order chi connectivity index (χ1) is 11.7. The van der Waals surface area contributed by atoms with Gasteiger partial charge in [0.1, 0.15) is 0 Å². The smallest absolute Gasteiger partial charge is 0.224 e. The quantitative estimate of drug-likeness (QED) is 0.700. The Kier molecular flexibility index (Phi) is 4.03. The predicted octanol–water partition coefficient (Wildman–Crippen LogP) is 4.27. The van der Waals surface area contributed by atoms with Gasteiger partial charge in [-0.25, -0.2) is 0 Å². The second-order valence-electron chi connectivity index (χ2n) is 6.30. The van der Waals surface area contributed by atoms with E-state index in [0.717, 1.165) is 35.4 Å². The van der Waals surface area contributed by atoms with Crippen LogP contribution in [0.4, 0.5) is 0 Å². The second kappa shape index (κ2) is 6.33. The molecule has 0 saturated carbocycles. The Morgan fingerprint density at radius 3 is 2.79 bits per heavy atom. The maximum absolute atomic E-state index is 12.6. The lowest BCUT2D eigenvalue weighted by Crippen LogP contribution is -2.36. The van der Waals surface area contributed by atoms with Gasteiger partial charge in [-0.2, -0.15) is 0 Å². The number of hydrogen-bond acceptors (Lipinski definition) is 1. The first-order valence-corrected chi connectivity index (χ1v) is 8.67. The van der Waals surface area contributed by atoms with Crippen molar-refractivity contribution >= 4 is 28.4 Å². The molecule has 0 unspecified atom stereocenters. The average Bonchev–Trinajstić information content (AvgIpc) is 3.01. The number of amides is 1. The van der Waals surface area contributed by atoms with Crippen molar-refractivity contribution in [2.75, 3.05) is 6.54 Å². The van der Waals surface area contributed by atoms with E-state index in [0.29, 0.717) is 13.0 Å². The lowest BCUT2D eigenvalue weighted by atomic mass is 10.00. The van der Waals surface area contributed by atoms with Crippen molar-refractivity contribution in [2.45, 2.75) is 25.9 Å². The molecule has 122 valence electrons. The molecule has 24 heavy (non-hydrogen) atoms. The summed E-state index contributed by atoms with van der Waals surface area (Å²) in [7, 11) is 0. The standard InChI is InChI=1S/C20H19ClN2O/c21-18-6-5-16-8-10-22(19(16)13-18)12-9-20(24)23-11-7-15-3-1-2-4-17(15)14-23/h1-6,8,10,13H,7,9,11-12,14H2. The molecule has 2 heterocycles. The van der Waals surface area contributed by atoms with Crippen LogP contribution in [0.15, 0.2) is 54.7 Å². The summed E-state index contributed by atoms with van der Waals surface area (Å²) in [6, 6.07) is 16.3. The number of fused-ring (bicyclic) bond motifs is 2. The lowest BCUT2D eigenvalue weighted by Gasteiger charge is -2.29. The molecule has 0 radical (unpaired) electrons. The van der Waals surface area contributed by atoms with Gasteiger partial charge in [0.05, 0.1) is 0 Å². The molecule has 0 N–H and O–H groups in total. The maximum atomic E-state index is 12.6. The molecule has 1 amide bonds. The Balaban J connectivity index is 1.44. The highest BCUT2D eigenvalue weighted by Crippen LogP contribution is 2.22. The van der Waals surface area contributed by atoms with Crippen LogP contribution in [0.3, 0.4) is 0 Å². The highest BCUT2D eigenvalue weighted by atomic mass is 35.5. The van der Waals surface area contributed by atoms with Gasteiger partial charge in [-0.1, -0.05) is 41.9 Å². The third-order valence-electron chi connectivity index (χ3n) is 4.79. The summed E-state index contributed by atoms with van der Waals surface area (Å²) in [6.07, 6.45) is 3.49. The molecule has 0 fully saturated rings. The Bertz CT molecular complexity index is 900. The van der Waals surface area contributed by atoms with E-state index in [1.54, 1.807) is 0 Å². The van der Waals surface area contributed by atoms with Gasteiger partial charge in [0.25, 0.3) is 0 Å². The van der Waals surface area contributed by atoms with Gasteiger partial charge < -0.3 is 9.47 Å². The lowest BCUT2D eigenvalue weighted by molar-refractivity contribution is -0.132. The first-order valence-electron chi connectivity index (χ1n) is 8.30. The number of aryl methyl sites for hydroxylation is 1. The molecule has 1 aromatic heterocycles. The molecule has 4 rings (SSSR count). The van der Waals surface area contributed by atoms with Gasteiger partial charge in [-0.15, -0.1) is 0 Å². The van der Waals surface area contributed by atoms with Crippen LogP contribution >= 0.6 is 11.6 Å². The molecule has 3 aromatic rings. The number of hydrogen-bond donors (Lipinski definition) is 0. The SMILES string of the molecule is O=C(CCn1ccc2ccc(Cl)cc21)N1CCc2ccccc2C1. The first kappa shape index (κ1) is 15.3. The molecular formula is C20H19ClN2O. The fraction of sp³-hybridized carbons (Fsp3) is 0.250. The van der Waals surface area contributed by atoms with E-state index in [4.69, 9.17) is 11.6 Å². The van der Waals surface area contributed by atoms with Gasteiger partial charge in [0.2, 0.25) is 5.91 Å². The van der Waals surface area contributed by atoms with Crippen molar-refractivity contribution < 1.29 is 4.79 Å². The zero-order valence-electron chi connectivity index (χ0n) is 13.4. The van der Waals surface area contributed by atoms with Crippen LogP contribution in [0, 0.1) is 0 Å². The van der Waals surface area contributed by atoms with Crippen LogP contribution in [0.1, 0.15) is 17.5 Å². The summed E-state index contributed by atoms with van der Waals surface area (Å²) >= 11 is 6.09. The number of aromatic nitrogens is 1. The van der Waals surface area contributed by atoms with Gasteiger partial charge in [0, 0.05) is 42.8 Å². The Hall–Kier alpha value is -2.26. The van der Waals surface area contributed by atoms with Crippen LogP contribution < -0.4 is 0 Å². The molecule has 1 aliphatic heterocycles. The van der Waals surface area contributed by atoms with Gasteiger partial charge in [0.15, 0.2) is 0 Å². The number of nitrogens with zero attached hydrogens (tertiary/aromatic N) is 2. The third-order valence-corrected chi connectivity index (χ3v) is 5.02. The van der Waals surface area contributed by atoms with E-state index in [1.807, 2.05) is 35.4 Å². The topological polar surface area (TPSA) is 25.2 Å². The van der Waals surface area contributed by atoms with Crippen molar-refractivity contribution in [1.29, 1.82) is 0 Å². The van der Waals surface area contributed by atoms with E-state index in [-0.39, 0.29) is 5.91 Å². The minimum atomic E-state index is 0.216. The summed E-state index contributed by atoms with van der Waals surface area (Å²) in [6.45, 7) is 2.22. The number of carbonyl (C=O) groups is 1. The van der Waals surface area contributed by atoms with Crippen LogP contribution in [0.25, 0.3) is 10.9 Å². The second-order valence-corrected chi connectivity index (χ2v) is 6.73. The van der Waals surface area contributed by atoms with Crippen LogP contribution in [-0.2, 0) is 24.3 Å². The molecule has 4 heteroatoms. The van der Waals surface area contributed by atoms with Gasteiger partial charge >= 0.3 is 0 Å². The molecule has 2 aromatic carbocycles. The van der Waals surface area contributed by atoms with E-state index in [1.165, 1.54) is 11.1 Å². The monoisotopic (exact) mass is 338 g/mol. The van der Waals surface area contributed by atoms with E-state index < -0.39 is 0 Å². The molecule has 3 nitrogen and oxygen atoms in total. The Morgan fingerprint density at radius 2 is 1.92 bits per heavy atom. The normalized spacial score (nSPS) is 14.0. The maximum Gasteiger partial charge on any atom is 0.224 e. The van der Waals surface area contributed by atoms with Crippen molar-refractivity contribution in [3.8, 4) is 0 Å². The highest BCUT2D eigenvalue weighted by molar-refractivity contribution is 6.31. The number of rotatable bonds is 3. The van der Waals surface area contributed by atoms with Crippen LogP contribution in [0.2, 0.25) is 5.02 Å². The fourth-order valence-corrected chi connectivity index (χ4v) is 3.60. The summed E-state index contributed by atoms with van der Waals surface area (Å²) < 4.78 is 2.11. The predicted molar refractivity (Wildman–Crippen MR) is 97.1 cm³/mol. The van der Waals surface area contributed by atoms with E-state index >= 15 is 0 Å². The summed E-state index contributed by atoms with van der Waals surface area (Å²) in [5.41, 5.74) is 3.72. The highest BCUT2D eigenvalue weighted by Gasteiger charge is 2.20. The number of halogens is 1. The van der Waals surface area contributed by atoms with E-state index in [2.05, 4.69) is 28.8 Å². The van der Waals surface area contributed by atoms with Crippen molar-refractivity contribution in [3.05, 3.63) is 70.9 Å². The van der Waals surface area contributed by atoms with Gasteiger partial charge in [-0.3, -0.25) is 4.79 Å². The van der Waals surface area contributed by atoms with Crippen molar-refractivity contribution in [3.63, 3.8) is 0 Å². The zero-order valence-corrected chi connectivity index (χ0v) is 14.2. The summed E-state index contributed by atoms with van der Waals surface area (Å²) in [5, 5.41) is 1.88. The number of carbonyl (C=O) groups excluding carboxylic acids is 1. The Labute approximate surface area is 146 Å². The zero-order chi connectivity index (χ0) is 16.5. The molecule has 0 saturated heterocycles. The summed E-state index contributed by atoms with van der Waals surface area (Å²) in [4.78, 5) is 14.6. The third kappa shape index (κ3) is 2.92. The number of benzene rings is 2. The largest absolute Gasteiger partial charge is 0.347 e. The molecule has 0 atom stereocenters. The summed E-state index contributed by atoms with van der Waals surface area (Å²) in [5.74, 6) is 0.216. The molecule has 1 aliphatic rings. The fourth-order valence-electron chi connectivity index (χ4n) is 3.43. The minimum absolute atomic E-state index is 0.216. The Morgan fingerprint density at radius 1 is 1.08 bits per heavy atom. The molecular weight excluding hydrogens is 320 g/mol. The molecule has 0 spiro atoms. The average molecular weight is 339 g/mol. The van der Waals surface area contributed by atoms with Crippen LogP contribution in [0.5, 0.6) is 0 Å². The minimum Gasteiger partial charge on any atom is -0.347 e. The van der Waals surface area contributed by atoms with Crippen LogP contribution in [-0.4, -0.2) is 21.9 Å². The van der Waals surface area contributed by atoms with Crippen molar-refractivity contribution in [1.82, 2.24) is 9.47 Å². The molecule has 0 aliphatic carbocycles. The van der Waals surface area contributed by atoms with Gasteiger partial charge in [-0.05, 0) is 41.1 Å². The van der Waals surface area contributed by atoms with Crippen molar-refractivity contribution in [2.24, 2.45) is 0 Å².